The molecule has 4 aliphatic rings. The maximum Gasteiger partial charge on any atom is 0.332 e. The molecule has 4 aliphatic carbocycles. The summed E-state index contributed by atoms with van der Waals surface area (Å²) in [5, 5.41) is 0. The molecule has 0 spiro atoms. The van der Waals surface area contributed by atoms with Crippen LogP contribution < -0.4 is 0 Å². The summed E-state index contributed by atoms with van der Waals surface area (Å²) in [5.41, 5.74) is -0.709. The van der Waals surface area contributed by atoms with Gasteiger partial charge in [0.15, 0.2) is 0 Å². The molecule has 2 atom stereocenters. The molecule has 4 fully saturated rings. The van der Waals surface area contributed by atoms with Crippen LogP contribution in [0.25, 0.3) is 0 Å². The van der Waals surface area contributed by atoms with Crippen molar-refractivity contribution in [2.24, 2.45) is 17.8 Å². The van der Waals surface area contributed by atoms with Crippen molar-refractivity contribution < 1.29 is 19.1 Å². The van der Waals surface area contributed by atoms with Gasteiger partial charge in [-0.25, -0.2) is 4.79 Å². The van der Waals surface area contributed by atoms with Gasteiger partial charge in [0.2, 0.25) is 0 Å². The first kappa shape index (κ1) is 14.1. The topological polar surface area (TPSA) is 52.6 Å². The van der Waals surface area contributed by atoms with Gasteiger partial charge in [0.1, 0.15) is 18.0 Å². The lowest BCUT2D eigenvalue weighted by atomic mass is 9.53. The van der Waals surface area contributed by atoms with Crippen LogP contribution in [-0.2, 0) is 19.1 Å². The minimum absolute atomic E-state index is 0.0115. The first-order chi connectivity index (χ1) is 9.26. The summed E-state index contributed by atoms with van der Waals surface area (Å²) in [6.07, 6.45) is 4.69. The highest BCUT2D eigenvalue weighted by atomic mass is 16.6. The van der Waals surface area contributed by atoms with Gasteiger partial charge < -0.3 is 9.47 Å². The first-order valence-electron chi connectivity index (χ1n) is 7.66. The van der Waals surface area contributed by atoms with Gasteiger partial charge in [-0.15, -0.1) is 0 Å². The second kappa shape index (κ2) is 4.55. The molecular weight excluding hydrogens is 256 g/mol. The maximum atomic E-state index is 12.1. The van der Waals surface area contributed by atoms with Crippen molar-refractivity contribution in [3.63, 3.8) is 0 Å². The Morgan fingerprint density at radius 3 is 2.35 bits per heavy atom. The molecule has 4 heteroatoms. The predicted octanol–water partition coefficient (Wildman–Crippen LogP) is 2.49. The van der Waals surface area contributed by atoms with E-state index in [4.69, 9.17) is 9.47 Å². The summed E-state index contributed by atoms with van der Waals surface area (Å²) in [5.74, 6) is 1.11. The second-order valence-electron chi connectivity index (χ2n) is 7.80. The van der Waals surface area contributed by atoms with Crippen molar-refractivity contribution in [3.8, 4) is 0 Å². The van der Waals surface area contributed by atoms with E-state index in [2.05, 4.69) is 0 Å². The number of rotatable bonds is 3. The molecule has 4 nitrogen and oxygen atoms in total. The molecule has 4 rings (SSSR count). The SMILES string of the molecule is CC(C)(C)OC(=O)COC12CC3CC(C1)C(=O)C(C3)C2. The van der Waals surface area contributed by atoms with Crippen molar-refractivity contribution in [2.45, 2.75) is 64.1 Å². The predicted molar refractivity (Wildman–Crippen MR) is 73.1 cm³/mol. The van der Waals surface area contributed by atoms with Crippen LogP contribution in [0.4, 0.5) is 0 Å². The van der Waals surface area contributed by atoms with Crippen LogP contribution in [0, 0.1) is 17.8 Å². The molecule has 20 heavy (non-hydrogen) atoms. The lowest BCUT2D eigenvalue weighted by molar-refractivity contribution is -0.189. The van der Waals surface area contributed by atoms with Crippen LogP contribution in [0.2, 0.25) is 0 Å². The number of ketones is 1. The van der Waals surface area contributed by atoms with Gasteiger partial charge in [-0.05, 0) is 58.8 Å². The Kier molecular flexibility index (Phi) is 3.20. The Hall–Kier alpha value is -0.900. The molecule has 112 valence electrons. The Morgan fingerprint density at radius 2 is 1.80 bits per heavy atom. The van der Waals surface area contributed by atoms with Gasteiger partial charge in [0.25, 0.3) is 0 Å². The number of carbonyl (C=O) groups excluding carboxylic acids is 2. The van der Waals surface area contributed by atoms with E-state index in [9.17, 15) is 9.59 Å². The number of carbonyl (C=O) groups is 2. The highest BCUT2D eigenvalue weighted by Gasteiger charge is 2.55. The highest BCUT2D eigenvalue weighted by molar-refractivity contribution is 5.85. The Bertz CT molecular complexity index is 416. The van der Waals surface area contributed by atoms with E-state index in [1.807, 2.05) is 20.8 Å². The van der Waals surface area contributed by atoms with Crippen molar-refractivity contribution in [3.05, 3.63) is 0 Å². The van der Waals surface area contributed by atoms with E-state index in [0.29, 0.717) is 11.7 Å². The van der Waals surface area contributed by atoms with Crippen molar-refractivity contribution in [1.82, 2.24) is 0 Å². The Labute approximate surface area is 120 Å². The monoisotopic (exact) mass is 280 g/mol. The van der Waals surface area contributed by atoms with Crippen LogP contribution in [0.5, 0.6) is 0 Å². The van der Waals surface area contributed by atoms with Crippen molar-refractivity contribution in [2.75, 3.05) is 6.61 Å². The van der Waals surface area contributed by atoms with Crippen LogP contribution in [-0.4, -0.2) is 29.6 Å². The zero-order valence-corrected chi connectivity index (χ0v) is 12.6. The average Bonchev–Trinajstić information content (AvgIpc) is 2.30. The maximum absolute atomic E-state index is 12.1. The molecule has 0 aromatic heterocycles. The second-order valence-corrected chi connectivity index (χ2v) is 7.80. The number of hydrogen-bond donors (Lipinski definition) is 0. The number of esters is 1. The zero-order valence-electron chi connectivity index (χ0n) is 12.6. The van der Waals surface area contributed by atoms with Gasteiger partial charge in [-0.2, -0.15) is 0 Å². The lowest BCUT2D eigenvalue weighted by Gasteiger charge is -2.55. The molecule has 4 bridgehead atoms. The summed E-state index contributed by atoms with van der Waals surface area (Å²) in [6, 6.07) is 0. The van der Waals surface area contributed by atoms with Gasteiger partial charge in [0.05, 0.1) is 5.60 Å². The standard InChI is InChI=1S/C16H24O4/c1-15(2,3)20-13(17)9-19-16-6-10-4-11(7-16)14(18)12(5-10)8-16/h10-12H,4-9H2,1-3H3. The lowest BCUT2D eigenvalue weighted by Crippen LogP contribution is -2.56. The molecule has 0 heterocycles. The van der Waals surface area contributed by atoms with Crippen LogP contribution >= 0.6 is 0 Å². The van der Waals surface area contributed by atoms with E-state index in [1.165, 1.54) is 0 Å². The zero-order chi connectivity index (χ0) is 14.5. The van der Waals surface area contributed by atoms with Crippen LogP contribution in [0.3, 0.4) is 0 Å². The molecule has 0 N–H and O–H groups in total. The fourth-order valence-corrected chi connectivity index (χ4v) is 4.44. The van der Waals surface area contributed by atoms with Gasteiger partial charge in [-0.1, -0.05) is 0 Å². The largest absolute Gasteiger partial charge is 0.458 e. The summed E-state index contributed by atoms with van der Waals surface area (Å²) < 4.78 is 11.3. The Balaban J connectivity index is 1.61. The molecule has 4 saturated carbocycles. The third kappa shape index (κ3) is 2.62. The molecule has 0 radical (unpaired) electrons. The minimum Gasteiger partial charge on any atom is -0.458 e. The summed E-state index contributed by atoms with van der Waals surface area (Å²) in [6.45, 7) is 5.58. The summed E-state index contributed by atoms with van der Waals surface area (Å²) >= 11 is 0. The Morgan fingerprint density at radius 1 is 1.20 bits per heavy atom. The van der Waals surface area contributed by atoms with Gasteiger partial charge in [-0.3, -0.25) is 4.79 Å². The molecule has 0 aliphatic heterocycles. The normalized spacial score (nSPS) is 39.1. The van der Waals surface area contributed by atoms with E-state index in [1.54, 1.807) is 0 Å². The van der Waals surface area contributed by atoms with E-state index in [-0.39, 0.29) is 30.0 Å². The highest BCUT2D eigenvalue weighted by Crippen LogP contribution is 2.55. The van der Waals surface area contributed by atoms with E-state index >= 15 is 0 Å². The fourth-order valence-electron chi connectivity index (χ4n) is 4.44. The molecular formula is C16H24O4. The third-order valence-corrected chi connectivity index (χ3v) is 4.85. The van der Waals surface area contributed by atoms with Gasteiger partial charge in [0, 0.05) is 11.8 Å². The summed E-state index contributed by atoms with van der Waals surface area (Å²) in [7, 11) is 0. The molecule has 0 amide bonds. The van der Waals surface area contributed by atoms with E-state index in [0.717, 1.165) is 32.1 Å². The molecule has 0 aromatic rings. The summed E-state index contributed by atoms with van der Waals surface area (Å²) in [4.78, 5) is 23.9. The molecule has 0 saturated heterocycles. The minimum atomic E-state index is -0.474. The molecule has 0 aromatic carbocycles. The van der Waals surface area contributed by atoms with Crippen molar-refractivity contribution in [1.29, 1.82) is 0 Å². The molecule has 2 unspecified atom stereocenters. The third-order valence-electron chi connectivity index (χ3n) is 4.85. The number of hydrogen-bond acceptors (Lipinski definition) is 4. The fraction of sp³-hybridized carbons (Fsp3) is 0.875. The first-order valence-corrected chi connectivity index (χ1v) is 7.66. The van der Waals surface area contributed by atoms with Crippen molar-refractivity contribution >= 4 is 11.8 Å². The number of ether oxygens (including phenoxy) is 2. The average molecular weight is 280 g/mol. The number of Topliss-reactive ketones (excluding diaryl/α,β-unsaturated/α-hetero) is 1. The quantitative estimate of drug-likeness (QED) is 0.745. The van der Waals surface area contributed by atoms with E-state index < -0.39 is 5.60 Å². The smallest absolute Gasteiger partial charge is 0.332 e. The van der Waals surface area contributed by atoms with Crippen LogP contribution in [0.15, 0.2) is 0 Å². The van der Waals surface area contributed by atoms with Gasteiger partial charge >= 0.3 is 5.97 Å². The van der Waals surface area contributed by atoms with Crippen LogP contribution in [0.1, 0.15) is 52.9 Å².